The molecule has 1 N–H and O–H groups in total. The SMILES string of the molecule is CC.CCOC(=O)CC1OB(O)c2cc(Oc3cnccn3)cc(OCc3ccccc3)c21. The van der Waals surface area contributed by atoms with Gasteiger partial charge in [-0.05, 0) is 24.0 Å². The first-order valence-corrected chi connectivity index (χ1v) is 10.9. The van der Waals surface area contributed by atoms with Gasteiger partial charge in [-0.25, -0.2) is 4.98 Å². The summed E-state index contributed by atoms with van der Waals surface area (Å²) in [4.78, 5) is 20.1. The summed E-state index contributed by atoms with van der Waals surface area (Å²) < 4.78 is 22.5. The third-order valence-corrected chi connectivity index (χ3v) is 4.69. The van der Waals surface area contributed by atoms with Crippen LogP contribution in [0.1, 0.15) is 44.4 Å². The van der Waals surface area contributed by atoms with Crippen molar-refractivity contribution in [1.29, 1.82) is 0 Å². The highest BCUT2D eigenvalue weighted by atomic mass is 16.6. The molecule has 1 unspecified atom stereocenters. The number of aromatic nitrogens is 2. The third-order valence-electron chi connectivity index (χ3n) is 4.69. The molecule has 0 radical (unpaired) electrons. The van der Waals surface area contributed by atoms with E-state index in [2.05, 4.69) is 9.97 Å². The number of esters is 1. The van der Waals surface area contributed by atoms with Gasteiger partial charge in [0.1, 0.15) is 18.1 Å². The van der Waals surface area contributed by atoms with E-state index in [4.69, 9.17) is 18.9 Å². The Bertz CT molecular complexity index is 1040. The summed E-state index contributed by atoms with van der Waals surface area (Å²) in [7, 11) is -1.22. The molecule has 9 heteroatoms. The van der Waals surface area contributed by atoms with E-state index in [1.165, 1.54) is 12.4 Å². The van der Waals surface area contributed by atoms with Crippen molar-refractivity contribution in [2.24, 2.45) is 0 Å². The van der Waals surface area contributed by atoms with Crippen LogP contribution in [0, 0.1) is 0 Å². The van der Waals surface area contributed by atoms with Crippen molar-refractivity contribution in [3.63, 3.8) is 0 Å². The molecule has 0 aliphatic carbocycles. The van der Waals surface area contributed by atoms with E-state index >= 15 is 0 Å². The Kier molecular flexibility index (Phi) is 8.80. The number of carbonyl (C=O) groups excluding carboxylic acids is 1. The highest BCUT2D eigenvalue weighted by Crippen LogP contribution is 2.38. The van der Waals surface area contributed by atoms with Crippen LogP contribution >= 0.6 is 0 Å². The van der Waals surface area contributed by atoms with E-state index < -0.39 is 19.2 Å². The van der Waals surface area contributed by atoms with Gasteiger partial charge in [0, 0.05) is 24.0 Å². The summed E-state index contributed by atoms with van der Waals surface area (Å²) in [5, 5.41) is 10.5. The Morgan fingerprint density at radius 2 is 1.97 bits per heavy atom. The van der Waals surface area contributed by atoms with Crippen molar-refractivity contribution < 1.29 is 28.7 Å². The van der Waals surface area contributed by atoms with Crippen LogP contribution in [0.4, 0.5) is 0 Å². The van der Waals surface area contributed by atoms with Gasteiger partial charge >= 0.3 is 13.1 Å². The average Bonchev–Trinajstić information content (AvgIpc) is 3.15. The van der Waals surface area contributed by atoms with Crippen molar-refractivity contribution in [2.75, 3.05) is 6.61 Å². The Morgan fingerprint density at radius 1 is 1.18 bits per heavy atom. The van der Waals surface area contributed by atoms with E-state index in [1.807, 2.05) is 44.2 Å². The molecule has 1 atom stereocenters. The minimum atomic E-state index is -1.22. The van der Waals surface area contributed by atoms with Crippen LogP contribution < -0.4 is 14.9 Å². The monoisotopic (exact) mass is 450 g/mol. The molecule has 0 saturated carbocycles. The molecule has 1 aromatic heterocycles. The summed E-state index contributed by atoms with van der Waals surface area (Å²) in [5.41, 5.74) is 2.04. The average molecular weight is 450 g/mol. The minimum Gasteiger partial charge on any atom is -0.488 e. The van der Waals surface area contributed by atoms with E-state index in [1.54, 1.807) is 25.3 Å². The standard InChI is InChI=1S/C22H21BN2O6.C2H6/c1-2-28-21(26)12-19-22-17(23(27)31-19)10-16(30-20-13-24-8-9-25-20)11-18(22)29-14-15-6-4-3-5-7-15;1-2/h3-11,13,19,27H,2,12,14H2,1H3;1-2H3. The quantitative estimate of drug-likeness (QED) is 0.411. The predicted octanol–water partition coefficient (Wildman–Crippen LogP) is 3.59. The van der Waals surface area contributed by atoms with Crippen molar-refractivity contribution in [1.82, 2.24) is 9.97 Å². The highest BCUT2D eigenvalue weighted by Gasteiger charge is 2.39. The lowest BCUT2D eigenvalue weighted by molar-refractivity contribution is -0.145. The third kappa shape index (κ3) is 6.30. The molecule has 2 aromatic carbocycles. The lowest BCUT2D eigenvalue weighted by Crippen LogP contribution is -2.28. The van der Waals surface area contributed by atoms with Crippen LogP contribution in [-0.2, 0) is 20.8 Å². The fourth-order valence-corrected chi connectivity index (χ4v) is 3.36. The maximum absolute atomic E-state index is 12.0. The van der Waals surface area contributed by atoms with Crippen LogP contribution in [-0.4, -0.2) is 34.7 Å². The second-order valence-corrected chi connectivity index (χ2v) is 6.83. The van der Waals surface area contributed by atoms with Crippen LogP contribution in [0.3, 0.4) is 0 Å². The van der Waals surface area contributed by atoms with Crippen molar-refractivity contribution in [3.8, 4) is 17.4 Å². The molecule has 172 valence electrons. The summed E-state index contributed by atoms with van der Waals surface area (Å²) in [6.45, 7) is 6.30. The van der Waals surface area contributed by atoms with Gasteiger partial charge in [-0.2, -0.15) is 0 Å². The second kappa shape index (κ2) is 12.0. The maximum Gasteiger partial charge on any atom is 0.492 e. The first kappa shape index (κ1) is 24.2. The van der Waals surface area contributed by atoms with Crippen LogP contribution in [0.2, 0.25) is 0 Å². The number of benzene rings is 2. The van der Waals surface area contributed by atoms with Crippen LogP contribution in [0.15, 0.2) is 61.1 Å². The Balaban J connectivity index is 0.00000149. The van der Waals surface area contributed by atoms with E-state index in [9.17, 15) is 9.82 Å². The van der Waals surface area contributed by atoms with Gasteiger partial charge in [0.15, 0.2) is 0 Å². The number of carbonyl (C=O) groups is 1. The van der Waals surface area contributed by atoms with Crippen molar-refractivity contribution >= 4 is 18.6 Å². The fraction of sp³-hybridized carbons (Fsp3) is 0.292. The lowest BCUT2D eigenvalue weighted by atomic mass is 9.78. The first-order chi connectivity index (χ1) is 16.1. The minimum absolute atomic E-state index is 0.0377. The molecular formula is C24H27BN2O6. The normalized spacial score (nSPS) is 14.1. The van der Waals surface area contributed by atoms with E-state index in [0.29, 0.717) is 35.0 Å². The van der Waals surface area contributed by atoms with Gasteiger partial charge in [-0.1, -0.05) is 44.2 Å². The molecule has 4 rings (SSSR count). The number of hydrogen-bond donors (Lipinski definition) is 1. The van der Waals surface area contributed by atoms with Crippen molar-refractivity contribution in [3.05, 3.63) is 72.2 Å². The number of fused-ring (bicyclic) bond motifs is 1. The zero-order valence-electron chi connectivity index (χ0n) is 18.9. The molecule has 3 aromatic rings. The smallest absolute Gasteiger partial charge is 0.488 e. The molecule has 8 nitrogen and oxygen atoms in total. The Labute approximate surface area is 193 Å². The summed E-state index contributed by atoms with van der Waals surface area (Å²) in [6.07, 6.45) is 3.81. The van der Waals surface area contributed by atoms with Crippen molar-refractivity contribution in [2.45, 2.75) is 39.9 Å². The zero-order chi connectivity index (χ0) is 23.6. The van der Waals surface area contributed by atoms with Gasteiger partial charge in [0.05, 0.1) is 25.3 Å². The Morgan fingerprint density at radius 3 is 2.67 bits per heavy atom. The molecule has 1 aliphatic heterocycles. The lowest BCUT2D eigenvalue weighted by Gasteiger charge is -2.17. The van der Waals surface area contributed by atoms with Gasteiger partial charge in [-0.15, -0.1) is 0 Å². The summed E-state index contributed by atoms with van der Waals surface area (Å²) >= 11 is 0. The van der Waals surface area contributed by atoms with Gasteiger partial charge < -0.3 is 23.9 Å². The molecule has 0 fully saturated rings. The molecule has 1 aliphatic rings. The molecule has 0 amide bonds. The maximum atomic E-state index is 12.0. The van der Waals surface area contributed by atoms with Gasteiger partial charge in [-0.3, -0.25) is 9.78 Å². The van der Waals surface area contributed by atoms with Crippen LogP contribution in [0.5, 0.6) is 17.4 Å². The molecule has 2 heterocycles. The van der Waals surface area contributed by atoms with Crippen LogP contribution in [0.25, 0.3) is 0 Å². The molecule has 0 bridgehead atoms. The fourth-order valence-electron chi connectivity index (χ4n) is 3.36. The predicted molar refractivity (Wildman–Crippen MR) is 123 cm³/mol. The number of hydrogen-bond acceptors (Lipinski definition) is 8. The molecule has 0 saturated heterocycles. The Hall–Kier alpha value is -3.43. The second-order valence-electron chi connectivity index (χ2n) is 6.83. The number of ether oxygens (including phenoxy) is 3. The zero-order valence-corrected chi connectivity index (χ0v) is 18.9. The molecule has 33 heavy (non-hydrogen) atoms. The van der Waals surface area contributed by atoms with Gasteiger partial charge in [0.2, 0.25) is 5.88 Å². The number of nitrogens with zero attached hydrogens (tertiary/aromatic N) is 2. The highest BCUT2D eigenvalue weighted by molar-refractivity contribution is 6.62. The van der Waals surface area contributed by atoms with E-state index in [-0.39, 0.29) is 13.0 Å². The molecular weight excluding hydrogens is 423 g/mol. The first-order valence-electron chi connectivity index (χ1n) is 10.9. The summed E-state index contributed by atoms with van der Waals surface area (Å²) in [6, 6.07) is 13.0. The number of rotatable bonds is 8. The van der Waals surface area contributed by atoms with E-state index in [0.717, 1.165) is 5.56 Å². The van der Waals surface area contributed by atoms with Gasteiger partial charge in [0.25, 0.3) is 0 Å². The topological polar surface area (TPSA) is 100 Å². The largest absolute Gasteiger partial charge is 0.492 e. The molecule has 0 spiro atoms. The summed E-state index contributed by atoms with van der Waals surface area (Å²) in [5.74, 6) is 0.738.